The minimum absolute atomic E-state index is 0.0683. The van der Waals surface area contributed by atoms with Crippen molar-refractivity contribution >= 4 is 17.2 Å². The number of fused-ring (bicyclic) bond motifs is 1. The molecule has 4 aromatic rings. The minimum Gasteiger partial charge on any atom is -0.394 e. The fraction of sp³-hybridized carbons (Fsp3) is 0.174. The molecular weight excluding hydrogens is 416 g/mol. The lowest BCUT2D eigenvalue weighted by Crippen LogP contribution is -2.39. The summed E-state index contributed by atoms with van der Waals surface area (Å²) in [5.74, 6) is -1.36. The number of carbonyl (C=O) groups is 1. The van der Waals surface area contributed by atoms with Gasteiger partial charge >= 0.3 is 6.03 Å². The number of pyridine rings is 1. The third-order valence-electron chi connectivity index (χ3n) is 5.00. The molecule has 0 unspecified atom stereocenters. The van der Waals surface area contributed by atoms with Crippen molar-refractivity contribution in [3.8, 4) is 0 Å². The zero-order chi connectivity index (χ0) is 22.5. The lowest BCUT2D eigenvalue weighted by Gasteiger charge is -2.17. The first kappa shape index (κ1) is 21.4. The highest BCUT2D eigenvalue weighted by molar-refractivity contribution is 5.75. The average Bonchev–Trinajstić information content (AvgIpc) is 3.16. The third-order valence-corrected chi connectivity index (χ3v) is 5.00. The highest BCUT2D eigenvalue weighted by Gasteiger charge is 2.16. The summed E-state index contributed by atoms with van der Waals surface area (Å²) in [6.07, 6.45) is 1.61. The Morgan fingerprint density at radius 2 is 1.88 bits per heavy atom. The minimum atomic E-state index is -0.935. The van der Waals surface area contributed by atoms with Crippen LogP contribution >= 0.6 is 0 Å². The maximum absolute atomic E-state index is 13.7. The molecule has 0 saturated carbocycles. The monoisotopic (exact) mass is 437 g/mol. The third kappa shape index (κ3) is 4.73. The van der Waals surface area contributed by atoms with Gasteiger partial charge in [0.05, 0.1) is 25.7 Å². The molecule has 2 aromatic heterocycles. The molecule has 0 saturated heterocycles. The molecule has 0 bridgehead atoms. The van der Waals surface area contributed by atoms with E-state index in [9.17, 15) is 18.7 Å². The SMILES string of the molecule is O=C(NCc1nc2cccnc2n1Cc1ccc(F)c(F)c1)N[C@@H](CO)c1ccccc1. The molecule has 7 nitrogen and oxygen atoms in total. The number of nitrogens with zero attached hydrogens (tertiary/aromatic N) is 3. The average molecular weight is 437 g/mol. The molecule has 0 aliphatic heterocycles. The van der Waals surface area contributed by atoms with Crippen molar-refractivity contribution in [2.75, 3.05) is 6.61 Å². The Balaban J connectivity index is 1.52. The van der Waals surface area contributed by atoms with Crippen molar-refractivity contribution < 1.29 is 18.7 Å². The number of aromatic nitrogens is 3. The van der Waals surface area contributed by atoms with Crippen LogP contribution < -0.4 is 10.6 Å². The Morgan fingerprint density at radius 1 is 1.06 bits per heavy atom. The van der Waals surface area contributed by atoms with Gasteiger partial charge in [0.25, 0.3) is 0 Å². The number of amides is 2. The van der Waals surface area contributed by atoms with Crippen LogP contribution in [0.3, 0.4) is 0 Å². The smallest absolute Gasteiger partial charge is 0.315 e. The number of carbonyl (C=O) groups excluding carboxylic acids is 1. The van der Waals surface area contributed by atoms with E-state index >= 15 is 0 Å². The number of aliphatic hydroxyl groups excluding tert-OH is 1. The van der Waals surface area contributed by atoms with E-state index in [0.29, 0.717) is 22.6 Å². The van der Waals surface area contributed by atoms with Crippen LogP contribution in [0, 0.1) is 11.6 Å². The van der Waals surface area contributed by atoms with E-state index < -0.39 is 23.7 Å². The molecule has 0 aliphatic rings. The van der Waals surface area contributed by atoms with Crippen LogP contribution in [-0.4, -0.2) is 32.3 Å². The molecule has 3 N–H and O–H groups in total. The second-order valence-electron chi connectivity index (χ2n) is 7.18. The first-order valence-corrected chi connectivity index (χ1v) is 9.99. The molecule has 0 radical (unpaired) electrons. The van der Waals surface area contributed by atoms with E-state index in [0.717, 1.165) is 17.7 Å². The number of hydrogen-bond acceptors (Lipinski definition) is 4. The Kier molecular flexibility index (Phi) is 6.37. The first-order chi connectivity index (χ1) is 15.5. The molecule has 0 fully saturated rings. The molecule has 2 amide bonds. The molecule has 2 aromatic carbocycles. The van der Waals surface area contributed by atoms with Crippen LogP contribution in [0.5, 0.6) is 0 Å². The topological polar surface area (TPSA) is 92.1 Å². The van der Waals surface area contributed by atoms with Crippen molar-refractivity contribution in [1.82, 2.24) is 25.2 Å². The number of benzene rings is 2. The van der Waals surface area contributed by atoms with Crippen molar-refractivity contribution in [2.45, 2.75) is 19.1 Å². The Bertz CT molecular complexity index is 1230. The standard InChI is InChI=1S/C23H21F2N5O2/c24-17-9-8-15(11-18(17)25)13-30-21(28-19-7-4-10-26-22(19)30)12-27-23(32)29-20(14-31)16-5-2-1-3-6-16/h1-11,20,31H,12-14H2,(H2,27,29,32)/t20-/m0/s1. The van der Waals surface area contributed by atoms with Gasteiger partial charge in [0, 0.05) is 6.20 Å². The van der Waals surface area contributed by atoms with Gasteiger partial charge in [-0.25, -0.2) is 23.5 Å². The van der Waals surface area contributed by atoms with Gasteiger partial charge in [0.15, 0.2) is 17.3 Å². The van der Waals surface area contributed by atoms with E-state index in [1.165, 1.54) is 6.07 Å². The lowest BCUT2D eigenvalue weighted by atomic mass is 10.1. The molecule has 0 aliphatic carbocycles. The predicted molar refractivity (Wildman–Crippen MR) is 115 cm³/mol. The van der Waals surface area contributed by atoms with Crippen LogP contribution in [-0.2, 0) is 13.1 Å². The number of halogens is 2. The van der Waals surface area contributed by atoms with Crippen LogP contribution in [0.4, 0.5) is 13.6 Å². The number of aliphatic hydroxyl groups is 1. The van der Waals surface area contributed by atoms with Gasteiger partial charge in [-0.15, -0.1) is 0 Å². The number of nitrogens with one attached hydrogen (secondary N) is 2. The van der Waals surface area contributed by atoms with Crippen molar-refractivity contribution in [1.29, 1.82) is 0 Å². The molecule has 1 atom stereocenters. The largest absolute Gasteiger partial charge is 0.394 e. The van der Waals surface area contributed by atoms with Gasteiger partial charge in [-0.2, -0.15) is 0 Å². The fourth-order valence-corrected chi connectivity index (χ4v) is 3.42. The number of imidazole rings is 1. The maximum atomic E-state index is 13.7. The predicted octanol–water partition coefficient (Wildman–Crippen LogP) is 3.29. The van der Waals surface area contributed by atoms with Gasteiger partial charge < -0.3 is 20.3 Å². The summed E-state index contributed by atoms with van der Waals surface area (Å²) in [4.78, 5) is 21.3. The zero-order valence-electron chi connectivity index (χ0n) is 17.0. The summed E-state index contributed by atoms with van der Waals surface area (Å²) in [5, 5.41) is 15.1. The summed E-state index contributed by atoms with van der Waals surface area (Å²) >= 11 is 0. The molecular formula is C23H21F2N5O2. The summed E-state index contributed by atoms with van der Waals surface area (Å²) in [6, 6.07) is 15.3. The van der Waals surface area contributed by atoms with E-state index in [1.54, 1.807) is 22.9 Å². The number of rotatable bonds is 7. The molecule has 32 heavy (non-hydrogen) atoms. The summed E-state index contributed by atoms with van der Waals surface area (Å²) < 4.78 is 28.7. The summed E-state index contributed by atoms with van der Waals surface area (Å²) in [6.45, 7) is 0.0153. The summed E-state index contributed by atoms with van der Waals surface area (Å²) in [5.41, 5.74) is 2.49. The van der Waals surface area contributed by atoms with E-state index in [1.807, 2.05) is 30.3 Å². The number of hydrogen-bond donors (Lipinski definition) is 3. The second kappa shape index (κ2) is 9.52. The van der Waals surface area contributed by atoms with E-state index in [2.05, 4.69) is 20.6 Å². The van der Waals surface area contributed by atoms with Gasteiger partial charge in [-0.1, -0.05) is 36.4 Å². The molecule has 4 rings (SSSR count). The normalized spacial score (nSPS) is 12.0. The highest BCUT2D eigenvalue weighted by atomic mass is 19.2. The molecule has 2 heterocycles. The second-order valence-corrected chi connectivity index (χ2v) is 7.18. The van der Waals surface area contributed by atoms with Crippen molar-refractivity contribution in [2.24, 2.45) is 0 Å². The van der Waals surface area contributed by atoms with Crippen molar-refractivity contribution in [3.05, 3.63) is 95.4 Å². The molecule has 0 spiro atoms. The van der Waals surface area contributed by atoms with E-state index in [4.69, 9.17) is 0 Å². The fourth-order valence-electron chi connectivity index (χ4n) is 3.42. The van der Waals surface area contributed by atoms with Crippen LogP contribution in [0.1, 0.15) is 23.0 Å². The Hall–Kier alpha value is -3.85. The zero-order valence-corrected chi connectivity index (χ0v) is 17.0. The summed E-state index contributed by atoms with van der Waals surface area (Å²) in [7, 11) is 0. The van der Waals surface area contributed by atoms with Gasteiger partial charge in [0.2, 0.25) is 0 Å². The van der Waals surface area contributed by atoms with Gasteiger partial charge in [0.1, 0.15) is 11.3 Å². The van der Waals surface area contributed by atoms with Crippen LogP contribution in [0.2, 0.25) is 0 Å². The van der Waals surface area contributed by atoms with Crippen LogP contribution in [0.25, 0.3) is 11.2 Å². The number of urea groups is 1. The Labute approximate surface area is 182 Å². The molecule has 164 valence electrons. The van der Waals surface area contributed by atoms with Gasteiger partial charge in [-0.05, 0) is 35.4 Å². The van der Waals surface area contributed by atoms with E-state index in [-0.39, 0.29) is 19.7 Å². The van der Waals surface area contributed by atoms with Crippen LogP contribution in [0.15, 0.2) is 66.9 Å². The first-order valence-electron chi connectivity index (χ1n) is 9.99. The van der Waals surface area contributed by atoms with Gasteiger partial charge in [-0.3, -0.25) is 0 Å². The quantitative estimate of drug-likeness (QED) is 0.414. The lowest BCUT2D eigenvalue weighted by molar-refractivity contribution is 0.216. The maximum Gasteiger partial charge on any atom is 0.315 e. The van der Waals surface area contributed by atoms with Crippen molar-refractivity contribution in [3.63, 3.8) is 0 Å². The molecule has 9 heteroatoms. The highest BCUT2D eigenvalue weighted by Crippen LogP contribution is 2.18. The Morgan fingerprint density at radius 3 is 2.62 bits per heavy atom.